The Morgan fingerprint density at radius 3 is 2.33 bits per heavy atom. The van der Waals surface area contributed by atoms with Crippen LogP contribution in [0, 0.1) is 17.8 Å². The highest BCUT2D eigenvalue weighted by Gasteiger charge is 2.42. The highest BCUT2D eigenvalue weighted by atomic mass is 32.2. The van der Waals surface area contributed by atoms with Crippen LogP contribution in [0.25, 0.3) is 0 Å². The summed E-state index contributed by atoms with van der Waals surface area (Å²) in [6.45, 7) is 3.47. The predicted molar refractivity (Wildman–Crippen MR) is 70.8 cm³/mol. The number of rotatable bonds is 4. The molecule has 4 nitrogen and oxygen atoms in total. The minimum Gasteiger partial charge on any atom is -0.352 e. The summed E-state index contributed by atoms with van der Waals surface area (Å²) in [5.74, 6) is 1.76. The van der Waals surface area contributed by atoms with Crippen molar-refractivity contribution in [2.75, 3.05) is 6.26 Å². The van der Waals surface area contributed by atoms with Gasteiger partial charge >= 0.3 is 0 Å². The predicted octanol–water partition coefficient (Wildman–Crippen LogP) is 1.36. The molecule has 0 radical (unpaired) electrons. The summed E-state index contributed by atoms with van der Waals surface area (Å²) in [4.78, 5) is 11.9. The summed E-state index contributed by atoms with van der Waals surface area (Å²) in [5, 5.41) is 1.95. The number of amides is 1. The fraction of sp³-hybridized carbons (Fsp3) is 0.923. The lowest BCUT2D eigenvalue weighted by Crippen LogP contribution is -2.45. The van der Waals surface area contributed by atoms with E-state index >= 15 is 0 Å². The molecule has 2 saturated carbocycles. The number of nitrogens with one attached hydrogen (secondary N) is 1. The zero-order valence-corrected chi connectivity index (χ0v) is 12.2. The van der Waals surface area contributed by atoms with Gasteiger partial charge in [0.25, 0.3) is 0 Å². The monoisotopic (exact) mass is 273 g/mol. The van der Waals surface area contributed by atoms with Crippen LogP contribution in [0.1, 0.15) is 39.5 Å². The van der Waals surface area contributed by atoms with Crippen molar-refractivity contribution in [3.63, 3.8) is 0 Å². The zero-order valence-electron chi connectivity index (χ0n) is 11.3. The summed E-state index contributed by atoms with van der Waals surface area (Å²) in [7, 11) is -3.29. The average Bonchev–Trinajstić information content (AvgIpc) is 2.88. The third-order valence-electron chi connectivity index (χ3n) is 4.82. The third kappa shape index (κ3) is 2.71. The zero-order chi connectivity index (χ0) is 13.5. The summed E-state index contributed by atoms with van der Waals surface area (Å²) < 4.78 is 22.7. The maximum Gasteiger partial charge on any atom is 0.238 e. The van der Waals surface area contributed by atoms with Crippen LogP contribution < -0.4 is 5.32 Å². The Balaban J connectivity index is 1.92. The largest absolute Gasteiger partial charge is 0.352 e. The highest BCUT2D eigenvalue weighted by molar-refractivity contribution is 7.92. The van der Waals surface area contributed by atoms with E-state index in [-0.39, 0.29) is 11.9 Å². The number of sulfone groups is 1. The van der Waals surface area contributed by atoms with Crippen LogP contribution in [0.2, 0.25) is 0 Å². The quantitative estimate of drug-likeness (QED) is 0.841. The van der Waals surface area contributed by atoms with Gasteiger partial charge in [-0.3, -0.25) is 4.79 Å². The van der Waals surface area contributed by atoms with Crippen LogP contribution in [0.3, 0.4) is 0 Å². The van der Waals surface area contributed by atoms with E-state index in [4.69, 9.17) is 0 Å². The van der Waals surface area contributed by atoms with E-state index < -0.39 is 15.1 Å². The molecule has 0 aromatic rings. The standard InChI is InChI=1S/C13H23NO3S/c1-8(12-7-10-4-5-11(12)6-10)14-13(15)9(2)18(3,16)17/h8-12H,4-7H2,1-3H3,(H,14,15)/t8-,9+,10-,11-,12+/m0/s1. The molecule has 0 aromatic heterocycles. The van der Waals surface area contributed by atoms with Gasteiger partial charge in [0.15, 0.2) is 9.84 Å². The number of hydrogen-bond donors (Lipinski definition) is 1. The van der Waals surface area contributed by atoms with Crippen molar-refractivity contribution in [2.24, 2.45) is 17.8 Å². The van der Waals surface area contributed by atoms with Gasteiger partial charge < -0.3 is 5.32 Å². The van der Waals surface area contributed by atoms with Crippen LogP contribution in [0.15, 0.2) is 0 Å². The molecular weight excluding hydrogens is 250 g/mol. The van der Waals surface area contributed by atoms with E-state index in [0.717, 1.165) is 18.1 Å². The molecule has 104 valence electrons. The molecule has 1 N–H and O–H groups in total. The smallest absolute Gasteiger partial charge is 0.238 e. The third-order valence-corrected chi connectivity index (χ3v) is 6.31. The van der Waals surface area contributed by atoms with Gasteiger partial charge in [-0.1, -0.05) is 6.42 Å². The summed E-state index contributed by atoms with van der Waals surface area (Å²) in [5.41, 5.74) is 0. The van der Waals surface area contributed by atoms with Crippen LogP contribution in [0.4, 0.5) is 0 Å². The molecule has 5 heteroatoms. The lowest BCUT2D eigenvalue weighted by Gasteiger charge is -2.29. The molecule has 0 aromatic carbocycles. The van der Waals surface area contributed by atoms with Crippen molar-refractivity contribution in [1.29, 1.82) is 0 Å². The maximum absolute atomic E-state index is 11.9. The first-order valence-electron chi connectivity index (χ1n) is 6.78. The lowest BCUT2D eigenvalue weighted by atomic mass is 9.84. The van der Waals surface area contributed by atoms with E-state index in [1.54, 1.807) is 0 Å². The van der Waals surface area contributed by atoms with Gasteiger partial charge in [0, 0.05) is 12.3 Å². The summed E-state index contributed by atoms with van der Waals surface area (Å²) in [6.07, 6.45) is 6.21. The fourth-order valence-corrected chi connectivity index (χ4v) is 4.01. The highest BCUT2D eigenvalue weighted by Crippen LogP contribution is 2.49. The van der Waals surface area contributed by atoms with E-state index in [1.807, 2.05) is 6.92 Å². The molecule has 18 heavy (non-hydrogen) atoms. The molecule has 2 fully saturated rings. The van der Waals surface area contributed by atoms with Gasteiger partial charge in [-0.2, -0.15) is 0 Å². The molecule has 2 aliphatic carbocycles. The summed E-state index contributed by atoms with van der Waals surface area (Å²) >= 11 is 0. The second kappa shape index (κ2) is 4.83. The van der Waals surface area contributed by atoms with Crippen LogP contribution in [-0.2, 0) is 14.6 Å². The van der Waals surface area contributed by atoms with Gasteiger partial charge in [-0.15, -0.1) is 0 Å². The molecule has 0 heterocycles. The van der Waals surface area contributed by atoms with Crippen LogP contribution >= 0.6 is 0 Å². The first-order chi connectivity index (χ1) is 8.29. The molecule has 0 unspecified atom stereocenters. The topological polar surface area (TPSA) is 63.2 Å². The van der Waals surface area contributed by atoms with Crippen molar-refractivity contribution < 1.29 is 13.2 Å². The Bertz CT molecular complexity index is 432. The average molecular weight is 273 g/mol. The van der Waals surface area contributed by atoms with E-state index in [2.05, 4.69) is 5.32 Å². The molecule has 0 saturated heterocycles. The molecule has 1 amide bonds. The van der Waals surface area contributed by atoms with Gasteiger partial charge in [-0.05, 0) is 50.9 Å². The van der Waals surface area contributed by atoms with Crippen molar-refractivity contribution >= 4 is 15.7 Å². The molecular formula is C13H23NO3S. The molecule has 0 spiro atoms. The normalized spacial score (nSPS) is 34.3. The second-order valence-electron chi connectivity index (χ2n) is 6.11. The maximum atomic E-state index is 11.9. The van der Waals surface area contributed by atoms with E-state index in [1.165, 1.54) is 32.6 Å². The van der Waals surface area contributed by atoms with E-state index in [9.17, 15) is 13.2 Å². The Labute approximate surface area is 109 Å². The van der Waals surface area contributed by atoms with Crippen molar-refractivity contribution in [2.45, 2.75) is 50.8 Å². The van der Waals surface area contributed by atoms with Crippen molar-refractivity contribution in [3.05, 3.63) is 0 Å². The molecule has 2 aliphatic rings. The number of carbonyl (C=O) groups excluding carboxylic acids is 1. The number of carbonyl (C=O) groups is 1. The minimum absolute atomic E-state index is 0.0944. The fourth-order valence-electron chi connectivity index (χ4n) is 3.55. The summed E-state index contributed by atoms with van der Waals surface area (Å²) in [6, 6.07) is 0.0944. The Morgan fingerprint density at radius 2 is 1.89 bits per heavy atom. The van der Waals surface area contributed by atoms with Crippen LogP contribution in [-0.4, -0.2) is 31.9 Å². The molecule has 2 bridgehead atoms. The van der Waals surface area contributed by atoms with Crippen LogP contribution in [0.5, 0.6) is 0 Å². The van der Waals surface area contributed by atoms with Gasteiger partial charge in [0.1, 0.15) is 5.25 Å². The minimum atomic E-state index is -3.29. The Morgan fingerprint density at radius 1 is 1.22 bits per heavy atom. The van der Waals surface area contributed by atoms with Crippen molar-refractivity contribution in [1.82, 2.24) is 5.32 Å². The lowest BCUT2D eigenvalue weighted by molar-refractivity contribution is -0.121. The van der Waals surface area contributed by atoms with Gasteiger partial charge in [-0.25, -0.2) is 8.42 Å². The first kappa shape index (κ1) is 13.8. The number of hydrogen-bond acceptors (Lipinski definition) is 3. The van der Waals surface area contributed by atoms with Gasteiger partial charge in [0.05, 0.1) is 0 Å². The Kier molecular flexibility index (Phi) is 3.72. The molecule has 2 rings (SSSR count). The first-order valence-corrected chi connectivity index (χ1v) is 8.73. The molecule has 5 atom stereocenters. The Hall–Kier alpha value is -0.580. The SMILES string of the molecule is C[C@H](NC(=O)[C@@H](C)S(C)(=O)=O)[C@H]1C[C@H]2CC[C@H]1C2. The molecule has 0 aliphatic heterocycles. The van der Waals surface area contributed by atoms with E-state index in [0.29, 0.717) is 5.92 Å². The second-order valence-corrected chi connectivity index (χ2v) is 8.47. The number of fused-ring (bicyclic) bond motifs is 2. The van der Waals surface area contributed by atoms with Gasteiger partial charge in [0.2, 0.25) is 5.91 Å². The van der Waals surface area contributed by atoms with Crippen molar-refractivity contribution in [3.8, 4) is 0 Å².